The lowest BCUT2D eigenvalue weighted by Gasteiger charge is -2.09. The standard InChI is InChI=1S/C10H7BClF3N2O2/c12-8-3-6(10(13,14)15)1-2-9(8)17-5-7(4-16-17)11(18)19/h1-5,18-19H. The van der Waals surface area contributed by atoms with Gasteiger partial charge in [0.2, 0.25) is 0 Å². The van der Waals surface area contributed by atoms with Crippen LogP contribution in [-0.2, 0) is 6.18 Å². The predicted octanol–water partition coefficient (Wildman–Crippen LogP) is 1.22. The second-order valence-corrected chi connectivity index (χ2v) is 4.16. The van der Waals surface area contributed by atoms with Gasteiger partial charge in [-0.25, -0.2) is 4.68 Å². The highest BCUT2D eigenvalue weighted by molar-refractivity contribution is 6.58. The van der Waals surface area contributed by atoms with E-state index in [2.05, 4.69) is 5.10 Å². The van der Waals surface area contributed by atoms with Gasteiger partial charge in [-0.15, -0.1) is 0 Å². The molecule has 2 aromatic rings. The van der Waals surface area contributed by atoms with E-state index in [0.29, 0.717) is 0 Å². The van der Waals surface area contributed by atoms with E-state index in [1.807, 2.05) is 0 Å². The first kappa shape index (κ1) is 13.9. The Labute approximate surface area is 111 Å². The smallest absolute Gasteiger partial charge is 0.423 e. The van der Waals surface area contributed by atoms with Crippen molar-refractivity contribution in [2.75, 3.05) is 0 Å². The van der Waals surface area contributed by atoms with Crippen LogP contribution < -0.4 is 5.46 Å². The van der Waals surface area contributed by atoms with Crippen LogP contribution in [0.2, 0.25) is 5.02 Å². The Morgan fingerprint density at radius 2 is 1.95 bits per heavy atom. The van der Waals surface area contributed by atoms with E-state index in [9.17, 15) is 13.2 Å². The fraction of sp³-hybridized carbons (Fsp3) is 0.100. The molecule has 100 valence electrons. The van der Waals surface area contributed by atoms with Crippen molar-refractivity contribution in [2.45, 2.75) is 6.18 Å². The maximum absolute atomic E-state index is 12.5. The highest BCUT2D eigenvalue weighted by Crippen LogP contribution is 2.32. The number of aromatic nitrogens is 2. The van der Waals surface area contributed by atoms with Crippen LogP contribution in [0.4, 0.5) is 13.2 Å². The largest absolute Gasteiger partial charge is 0.491 e. The zero-order valence-corrected chi connectivity index (χ0v) is 10.0. The predicted molar refractivity (Wildman–Crippen MR) is 63.4 cm³/mol. The fourth-order valence-electron chi connectivity index (χ4n) is 1.47. The monoisotopic (exact) mass is 290 g/mol. The van der Waals surface area contributed by atoms with Crippen LogP contribution in [0.5, 0.6) is 0 Å². The lowest BCUT2D eigenvalue weighted by atomic mass is 9.83. The van der Waals surface area contributed by atoms with Crippen molar-refractivity contribution in [3.8, 4) is 5.69 Å². The van der Waals surface area contributed by atoms with Gasteiger partial charge in [0, 0.05) is 17.9 Å². The third-order valence-electron chi connectivity index (χ3n) is 2.42. The minimum atomic E-state index is -4.47. The molecule has 1 heterocycles. The molecule has 2 N–H and O–H groups in total. The summed E-state index contributed by atoms with van der Waals surface area (Å²) in [5, 5.41) is 21.5. The molecule has 19 heavy (non-hydrogen) atoms. The zero-order valence-electron chi connectivity index (χ0n) is 9.26. The Balaban J connectivity index is 2.40. The first-order chi connectivity index (χ1) is 8.79. The van der Waals surface area contributed by atoms with Crippen LogP contribution in [0.15, 0.2) is 30.6 Å². The Hall–Kier alpha value is -1.51. The molecule has 0 fully saturated rings. The molecule has 0 aliphatic rings. The van der Waals surface area contributed by atoms with Crippen molar-refractivity contribution >= 4 is 24.2 Å². The Morgan fingerprint density at radius 3 is 2.42 bits per heavy atom. The number of benzene rings is 1. The minimum absolute atomic E-state index is 0.107. The molecule has 0 unspecified atom stereocenters. The summed E-state index contributed by atoms with van der Waals surface area (Å²) >= 11 is 5.77. The van der Waals surface area contributed by atoms with E-state index >= 15 is 0 Å². The van der Waals surface area contributed by atoms with Crippen LogP contribution >= 0.6 is 11.6 Å². The average Bonchev–Trinajstić information content (AvgIpc) is 2.76. The number of rotatable bonds is 2. The number of alkyl halides is 3. The first-order valence-electron chi connectivity index (χ1n) is 5.07. The second-order valence-electron chi connectivity index (χ2n) is 3.76. The van der Waals surface area contributed by atoms with Gasteiger partial charge >= 0.3 is 13.3 Å². The van der Waals surface area contributed by atoms with Crippen LogP contribution in [0.3, 0.4) is 0 Å². The van der Waals surface area contributed by atoms with Crippen LogP contribution in [-0.4, -0.2) is 26.9 Å². The molecule has 9 heteroatoms. The van der Waals surface area contributed by atoms with Crippen molar-refractivity contribution < 1.29 is 23.2 Å². The van der Waals surface area contributed by atoms with Crippen molar-refractivity contribution in [2.24, 2.45) is 0 Å². The van der Waals surface area contributed by atoms with Gasteiger partial charge in [-0.3, -0.25) is 0 Å². The molecule has 0 aliphatic heterocycles. The van der Waals surface area contributed by atoms with Gasteiger partial charge < -0.3 is 10.0 Å². The van der Waals surface area contributed by atoms with Gasteiger partial charge in [-0.05, 0) is 18.2 Å². The van der Waals surface area contributed by atoms with Gasteiger partial charge in [-0.2, -0.15) is 18.3 Å². The molecule has 0 spiro atoms. The van der Waals surface area contributed by atoms with Crippen LogP contribution in [0, 0.1) is 0 Å². The van der Waals surface area contributed by atoms with E-state index < -0.39 is 18.9 Å². The normalized spacial score (nSPS) is 11.7. The molecule has 0 saturated heterocycles. The maximum Gasteiger partial charge on any atom is 0.491 e. The van der Waals surface area contributed by atoms with Gasteiger partial charge in [0.25, 0.3) is 0 Å². The summed E-state index contributed by atoms with van der Waals surface area (Å²) in [7, 11) is -1.71. The van der Waals surface area contributed by atoms with E-state index in [-0.39, 0.29) is 16.2 Å². The van der Waals surface area contributed by atoms with Crippen molar-refractivity contribution in [1.82, 2.24) is 9.78 Å². The Kier molecular flexibility index (Phi) is 3.57. The second kappa shape index (κ2) is 4.88. The maximum atomic E-state index is 12.5. The summed E-state index contributed by atoms with van der Waals surface area (Å²) < 4.78 is 38.6. The summed E-state index contributed by atoms with van der Waals surface area (Å²) in [6.45, 7) is 0. The van der Waals surface area contributed by atoms with Gasteiger partial charge in [0.05, 0.1) is 16.3 Å². The third kappa shape index (κ3) is 2.91. The third-order valence-corrected chi connectivity index (χ3v) is 2.73. The molecule has 1 aromatic carbocycles. The van der Waals surface area contributed by atoms with Gasteiger partial charge in [-0.1, -0.05) is 11.6 Å². The lowest BCUT2D eigenvalue weighted by Crippen LogP contribution is -2.28. The van der Waals surface area contributed by atoms with Crippen molar-refractivity contribution in [3.05, 3.63) is 41.2 Å². The zero-order chi connectivity index (χ0) is 14.2. The van der Waals surface area contributed by atoms with Gasteiger partial charge in [0.15, 0.2) is 0 Å². The first-order valence-corrected chi connectivity index (χ1v) is 5.44. The van der Waals surface area contributed by atoms with Crippen molar-refractivity contribution in [3.63, 3.8) is 0 Å². The molecule has 1 aromatic heterocycles. The SMILES string of the molecule is OB(O)c1cnn(-c2ccc(C(F)(F)F)cc2Cl)c1. The van der Waals surface area contributed by atoms with E-state index in [1.165, 1.54) is 12.4 Å². The van der Waals surface area contributed by atoms with Crippen molar-refractivity contribution in [1.29, 1.82) is 0 Å². The molecule has 0 amide bonds. The highest BCUT2D eigenvalue weighted by Gasteiger charge is 2.31. The average molecular weight is 290 g/mol. The van der Waals surface area contributed by atoms with Crippen LogP contribution in [0.1, 0.15) is 5.56 Å². The summed E-state index contributed by atoms with van der Waals surface area (Å²) in [6.07, 6.45) is -2.03. The van der Waals surface area contributed by atoms with E-state index in [0.717, 1.165) is 22.9 Å². The molecule has 0 atom stereocenters. The number of hydrogen-bond donors (Lipinski definition) is 2. The van der Waals surface area contributed by atoms with Gasteiger partial charge in [0.1, 0.15) is 0 Å². The highest BCUT2D eigenvalue weighted by atomic mass is 35.5. The van der Waals surface area contributed by atoms with E-state index in [4.69, 9.17) is 21.6 Å². The fourth-order valence-corrected chi connectivity index (χ4v) is 1.74. The molecule has 2 rings (SSSR count). The summed E-state index contributed by atoms with van der Waals surface area (Å²) in [6, 6.07) is 2.82. The molecular weight excluding hydrogens is 283 g/mol. The molecule has 4 nitrogen and oxygen atoms in total. The number of halogens is 4. The topological polar surface area (TPSA) is 58.3 Å². The summed E-state index contributed by atoms with van der Waals surface area (Å²) in [4.78, 5) is 0. The van der Waals surface area contributed by atoms with Crippen LogP contribution in [0.25, 0.3) is 5.69 Å². The van der Waals surface area contributed by atoms with E-state index in [1.54, 1.807) is 0 Å². The number of nitrogens with zero attached hydrogens (tertiary/aromatic N) is 2. The molecule has 0 saturated carbocycles. The molecule has 0 bridgehead atoms. The Morgan fingerprint density at radius 1 is 1.26 bits per heavy atom. The quantitative estimate of drug-likeness (QED) is 0.818. The summed E-state index contributed by atoms with van der Waals surface area (Å²) in [5.74, 6) is 0. The lowest BCUT2D eigenvalue weighted by molar-refractivity contribution is -0.137. The summed E-state index contributed by atoms with van der Waals surface area (Å²) in [5.41, 5.74) is -0.548. The number of hydrogen-bond acceptors (Lipinski definition) is 3. The molecule has 0 aliphatic carbocycles. The Bertz CT molecular complexity index is 601. The minimum Gasteiger partial charge on any atom is -0.423 e. The molecular formula is C10H7BClF3N2O2. The molecule has 0 radical (unpaired) electrons.